The second-order valence-corrected chi connectivity index (χ2v) is 5.58. The third-order valence-electron chi connectivity index (χ3n) is 4.02. The Bertz CT molecular complexity index is 558. The number of aromatic nitrogens is 2. The van der Waals surface area contributed by atoms with E-state index in [0.717, 1.165) is 43.3 Å². The first-order valence-electron chi connectivity index (χ1n) is 7.42. The van der Waals surface area contributed by atoms with Crippen LogP contribution in [0.2, 0.25) is 0 Å². The van der Waals surface area contributed by atoms with Crippen molar-refractivity contribution in [3.05, 3.63) is 35.7 Å². The standard InChI is InChI=1S/C16H21N3O/c1-12-5-2-3-7-14(12)16-18-15(20-19-16)9-8-13-6-4-10-17-11-13/h2-3,5,7,13,17H,4,6,8-11H2,1H3. The van der Waals surface area contributed by atoms with E-state index in [0.29, 0.717) is 5.82 Å². The maximum absolute atomic E-state index is 5.38. The van der Waals surface area contributed by atoms with Crippen LogP contribution < -0.4 is 5.32 Å². The maximum atomic E-state index is 5.38. The lowest BCUT2D eigenvalue weighted by molar-refractivity contribution is 0.327. The van der Waals surface area contributed by atoms with E-state index in [2.05, 4.69) is 28.4 Å². The number of nitrogens with zero attached hydrogens (tertiary/aromatic N) is 2. The van der Waals surface area contributed by atoms with Gasteiger partial charge in [0.15, 0.2) is 0 Å². The van der Waals surface area contributed by atoms with E-state index in [1.165, 1.54) is 18.4 Å². The zero-order valence-electron chi connectivity index (χ0n) is 11.9. The Balaban J connectivity index is 1.63. The lowest BCUT2D eigenvalue weighted by Gasteiger charge is -2.21. The molecule has 1 aliphatic rings. The fourth-order valence-corrected chi connectivity index (χ4v) is 2.79. The van der Waals surface area contributed by atoms with Gasteiger partial charge in [-0.15, -0.1) is 0 Å². The van der Waals surface area contributed by atoms with E-state index in [-0.39, 0.29) is 0 Å². The van der Waals surface area contributed by atoms with Gasteiger partial charge in [0.2, 0.25) is 11.7 Å². The molecule has 0 saturated carbocycles. The third kappa shape index (κ3) is 3.07. The number of hydrogen-bond donors (Lipinski definition) is 1. The normalized spacial score (nSPS) is 19.1. The van der Waals surface area contributed by atoms with Gasteiger partial charge in [-0.1, -0.05) is 29.4 Å². The Morgan fingerprint density at radius 3 is 3.05 bits per heavy atom. The lowest BCUT2D eigenvalue weighted by atomic mass is 9.95. The van der Waals surface area contributed by atoms with Gasteiger partial charge in [-0.2, -0.15) is 4.98 Å². The molecule has 1 fully saturated rings. The smallest absolute Gasteiger partial charge is 0.226 e. The minimum absolute atomic E-state index is 0.708. The summed E-state index contributed by atoms with van der Waals surface area (Å²) in [6, 6.07) is 8.13. The Hall–Kier alpha value is -1.68. The monoisotopic (exact) mass is 271 g/mol. The van der Waals surface area contributed by atoms with Crippen molar-refractivity contribution >= 4 is 0 Å². The average molecular weight is 271 g/mol. The van der Waals surface area contributed by atoms with Crippen molar-refractivity contribution in [2.24, 2.45) is 5.92 Å². The topological polar surface area (TPSA) is 51.0 Å². The van der Waals surface area contributed by atoms with E-state index in [1.807, 2.05) is 18.2 Å². The summed E-state index contributed by atoms with van der Waals surface area (Å²) in [5, 5.41) is 7.55. The highest BCUT2D eigenvalue weighted by Crippen LogP contribution is 2.21. The predicted octanol–water partition coefficient (Wildman–Crippen LogP) is 2.98. The molecular weight excluding hydrogens is 250 g/mol. The highest BCUT2D eigenvalue weighted by atomic mass is 16.5. The summed E-state index contributed by atoms with van der Waals surface area (Å²) in [5.41, 5.74) is 2.23. The van der Waals surface area contributed by atoms with Crippen LogP contribution in [-0.4, -0.2) is 23.2 Å². The van der Waals surface area contributed by atoms with Crippen LogP contribution in [0.1, 0.15) is 30.7 Å². The Morgan fingerprint density at radius 2 is 2.25 bits per heavy atom. The third-order valence-corrected chi connectivity index (χ3v) is 4.02. The van der Waals surface area contributed by atoms with Gasteiger partial charge in [0.1, 0.15) is 0 Å². The second kappa shape index (κ2) is 6.18. The molecule has 0 aliphatic carbocycles. The molecule has 0 radical (unpaired) electrons. The number of nitrogens with one attached hydrogen (secondary N) is 1. The molecule has 1 saturated heterocycles. The van der Waals surface area contributed by atoms with Crippen LogP contribution in [-0.2, 0) is 6.42 Å². The molecule has 1 aromatic heterocycles. The fraction of sp³-hybridized carbons (Fsp3) is 0.500. The number of piperidine rings is 1. The molecule has 106 valence electrons. The van der Waals surface area contributed by atoms with Crippen molar-refractivity contribution < 1.29 is 4.52 Å². The number of benzene rings is 1. The van der Waals surface area contributed by atoms with E-state index in [4.69, 9.17) is 4.52 Å². The summed E-state index contributed by atoms with van der Waals surface area (Å²) in [7, 11) is 0. The largest absolute Gasteiger partial charge is 0.339 e. The van der Waals surface area contributed by atoms with Gasteiger partial charge < -0.3 is 9.84 Å². The summed E-state index contributed by atoms with van der Waals surface area (Å²) < 4.78 is 5.38. The summed E-state index contributed by atoms with van der Waals surface area (Å²) in [6.45, 7) is 4.35. The Morgan fingerprint density at radius 1 is 1.35 bits per heavy atom. The molecule has 1 unspecified atom stereocenters. The summed E-state index contributed by atoms with van der Waals surface area (Å²) in [4.78, 5) is 4.53. The molecule has 0 amide bonds. The highest BCUT2D eigenvalue weighted by molar-refractivity contribution is 5.58. The van der Waals surface area contributed by atoms with E-state index in [9.17, 15) is 0 Å². The molecule has 1 atom stereocenters. The van der Waals surface area contributed by atoms with Gasteiger partial charge in [0.25, 0.3) is 0 Å². The second-order valence-electron chi connectivity index (χ2n) is 5.58. The van der Waals surface area contributed by atoms with Crippen molar-refractivity contribution in [1.82, 2.24) is 15.5 Å². The summed E-state index contributed by atoms with van der Waals surface area (Å²) in [5.74, 6) is 2.21. The van der Waals surface area contributed by atoms with Crippen LogP contribution >= 0.6 is 0 Å². The predicted molar refractivity (Wildman–Crippen MR) is 78.4 cm³/mol. The Labute approximate surface area is 119 Å². The molecule has 20 heavy (non-hydrogen) atoms. The van der Waals surface area contributed by atoms with Gasteiger partial charge in [-0.25, -0.2) is 0 Å². The van der Waals surface area contributed by atoms with Crippen molar-refractivity contribution in [3.8, 4) is 11.4 Å². The minimum Gasteiger partial charge on any atom is -0.339 e. The van der Waals surface area contributed by atoms with Crippen LogP contribution in [0.5, 0.6) is 0 Å². The van der Waals surface area contributed by atoms with Gasteiger partial charge >= 0.3 is 0 Å². The zero-order valence-corrected chi connectivity index (χ0v) is 11.9. The molecule has 0 bridgehead atoms. The first kappa shape index (κ1) is 13.3. The first-order chi connectivity index (χ1) is 9.83. The number of rotatable bonds is 4. The number of hydrogen-bond acceptors (Lipinski definition) is 4. The first-order valence-corrected chi connectivity index (χ1v) is 7.42. The zero-order chi connectivity index (χ0) is 13.8. The van der Waals surface area contributed by atoms with Crippen molar-refractivity contribution in [1.29, 1.82) is 0 Å². The fourth-order valence-electron chi connectivity index (χ4n) is 2.79. The van der Waals surface area contributed by atoms with Crippen LogP contribution in [0.25, 0.3) is 11.4 Å². The quantitative estimate of drug-likeness (QED) is 0.928. The molecule has 4 nitrogen and oxygen atoms in total. The van der Waals surface area contributed by atoms with Crippen molar-refractivity contribution in [2.75, 3.05) is 13.1 Å². The van der Waals surface area contributed by atoms with Gasteiger partial charge in [-0.3, -0.25) is 0 Å². The van der Waals surface area contributed by atoms with Gasteiger partial charge in [-0.05, 0) is 50.8 Å². The SMILES string of the molecule is Cc1ccccc1-c1noc(CCC2CCCNC2)n1. The molecule has 1 aliphatic heterocycles. The van der Waals surface area contributed by atoms with Crippen LogP contribution in [0.15, 0.2) is 28.8 Å². The van der Waals surface area contributed by atoms with E-state index < -0.39 is 0 Å². The molecule has 2 heterocycles. The van der Waals surface area contributed by atoms with Crippen LogP contribution in [0.3, 0.4) is 0 Å². The minimum atomic E-state index is 0.708. The number of aryl methyl sites for hydroxylation is 2. The van der Waals surface area contributed by atoms with E-state index in [1.54, 1.807) is 0 Å². The average Bonchev–Trinajstić information content (AvgIpc) is 2.95. The van der Waals surface area contributed by atoms with Crippen LogP contribution in [0, 0.1) is 12.8 Å². The molecule has 1 aromatic carbocycles. The molecule has 4 heteroatoms. The molecular formula is C16H21N3O. The van der Waals surface area contributed by atoms with Crippen LogP contribution in [0.4, 0.5) is 0 Å². The van der Waals surface area contributed by atoms with Crippen molar-refractivity contribution in [2.45, 2.75) is 32.6 Å². The molecule has 2 aromatic rings. The van der Waals surface area contributed by atoms with E-state index >= 15 is 0 Å². The summed E-state index contributed by atoms with van der Waals surface area (Å²) >= 11 is 0. The van der Waals surface area contributed by atoms with Gasteiger partial charge in [0.05, 0.1) is 0 Å². The lowest BCUT2D eigenvalue weighted by Crippen LogP contribution is -2.29. The summed E-state index contributed by atoms with van der Waals surface area (Å²) in [6.07, 6.45) is 4.60. The molecule has 0 spiro atoms. The molecule has 3 rings (SSSR count). The van der Waals surface area contributed by atoms with Crippen molar-refractivity contribution in [3.63, 3.8) is 0 Å². The highest BCUT2D eigenvalue weighted by Gasteiger charge is 2.15. The maximum Gasteiger partial charge on any atom is 0.226 e. The molecule has 1 N–H and O–H groups in total. The van der Waals surface area contributed by atoms with Gasteiger partial charge in [0, 0.05) is 12.0 Å². The Kier molecular flexibility index (Phi) is 4.11.